The molecular formula is C20H38N6. The average Bonchev–Trinajstić information content (AvgIpc) is 2.85. The van der Waals surface area contributed by atoms with Crippen molar-refractivity contribution in [3.63, 3.8) is 0 Å². The topological polar surface area (TPSA) is 67.1 Å². The Morgan fingerprint density at radius 1 is 1.15 bits per heavy atom. The van der Waals surface area contributed by atoms with E-state index in [1.807, 2.05) is 0 Å². The van der Waals surface area contributed by atoms with Gasteiger partial charge < -0.3 is 15.2 Å². The Morgan fingerprint density at radius 2 is 2.04 bits per heavy atom. The van der Waals surface area contributed by atoms with E-state index < -0.39 is 0 Å². The molecule has 1 aliphatic heterocycles. The molecular weight excluding hydrogens is 324 g/mol. The van der Waals surface area contributed by atoms with E-state index in [2.05, 4.69) is 46.2 Å². The van der Waals surface area contributed by atoms with Gasteiger partial charge in [0.2, 0.25) is 0 Å². The van der Waals surface area contributed by atoms with Gasteiger partial charge in [-0.1, -0.05) is 32.6 Å². The van der Waals surface area contributed by atoms with Crippen molar-refractivity contribution in [2.24, 2.45) is 4.99 Å². The zero-order valence-electron chi connectivity index (χ0n) is 17.1. The van der Waals surface area contributed by atoms with Crippen LogP contribution in [0.3, 0.4) is 0 Å². The molecule has 1 aromatic rings. The minimum Gasteiger partial charge on any atom is -0.357 e. The second kappa shape index (κ2) is 11.9. The normalized spacial score (nSPS) is 16.0. The van der Waals surface area contributed by atoms with E-state index in [0.717, 1.165) is 50.7 Å². The van der Waals surface area contributed by atoms with Crippen molar-refractivity contribution in [2.45, 2.75) is 97.6 Å². The molecule has 26 heavy (non-hydrogen) atoms. The summed E-state index contributed by atoms with van der Waals surface area (Å²) in [4.78, 5) is 4.75. The van der Waals surface area contributed by atoms with Crippen molar-refractivity contribution in [3.05, 3.63) is 11.6 Å². The van der Waals surface area contributed by atoms with E-state index in [0.29, 0.717) is 6.04 Å². The highest BCUT2D eigenvalue weighted by molar-refractivity contribution is 5.80. The summed E-state index contributed by atoms with van der Waals surface area (Å²) in [5.41, 5.74) is 0. The lowest BCUT2D eigenvalue weighted by atomic mass is 10.1. The molecule has 0 radical (unpaired) electrons. The highest BCUT2D eigenvalue weighted by Gasteiger charge is 2.14. The quantitative estimate of drug-likeness (QED) is 0.380. The van der Waals surface area contributed by atoms with Gasteiger partial charge in [0.25, 0.3) is 0 Å². The number of aromatic nitrogens is 3. The van der Waals surface area contributed by atoms with E-state index >= 15 is 0 Å². The Morgan fingerprint density at radius 3 is 2.85 bits per heavy atom. The number of rotatable bonds is 10. The molecule has 0 saturated heterocycles. The number of hydrogen-bond donors (Lipinski definition) is 2. The van der Waals surface area contributed by atoms with Crippen LogP contribution in [0.25, 0.3) is 0 Å². The summed E-state index contributed by atoms with van der Waals surface area (Å²) in [6, 6.07) is 0.464. The lowest BCUT2D eigenvalue weighted by Gasteiger charge is -2.17. The fourth-order valence-electron chi connectivity index (χ4n) is 3.48. The fraction of sp³-hybridized carbons (Fsp3) is 0.850. The number of nitrogens with one attached hydrogen (secondary N) is 2. The molecule has 0 amide bonds. The summed E-state index contributed by atoms with van der Waals surface area (Å²) >= 11 is 0. The molecule has 2 heterocycles. The molecule has 0 aliphatic carbocycles. The molecule has 0 aromatic carbocycles. The fourth-order valence-corrected chi connectivity index (χ4v) is 3.48. The highest BCUT2D eigenvalue weighted by atomic mass is 15.3. The predicted octanol–water partition coefficient (Wildman–Crippen LogP) is 3.46. The van der Waals surface area contributed by atoms with E-state index in [-0.39, 0.29) is 0 Å². The van der Waals surface area contributed by atoms with Crippen molar-refractivity contribution < 1.29 is 0 Å². The van der Waals surface area contributed by atoms with Crippen molar-refractivity contribution in [1.82, 2.24) is 25.4 Å². The van der Waals surface area contributed by atoms with Crippen LogP contribution in [-0.2, 0) is 19.4 Å². The number of aliphatic imine (C=N–C) groups is 1. The summed E-state index contributed by atoms with van der Waals surface area (Å²) in [6.45, 7) is 9.40. The third-order valence-corrected chi connectivity index (χ3v) is 4.98. The molecule has 0 saturated carbocycles. The van der Waals surface area contributed by atoms with Gasteiger partial charge in [0.15, 0.2) is 5.96 Å². The Kier molecular flexibility index (Phi) is 9.50. The molecule has 1 atom stereocenters. The maximum Gasteiger partial charge on any atom is 0.191 e. The number of guanidine groups is 1. The van der Waals surface area contributed by atoms with E-state index in [1.165, 1.54) is 50.8 Å². The highest BCUT2D eigenvalue weighted by Crippen LogP contribution is 2.15. The van der Waals surface area contributed by atoms with E-state index in [4.69, 9.17) is 4.99 Å². The SMILES string of the molecule is CCCCCC(C)NC(=NCCCc1nnc2n1CCCCC2)NCC. The van der Waals surface area contributed by atoms with Crippen LogP contribution >= 0.6 is 0 Å². The first-order valence-electron chi connectivity index (χ1n) is 10.7. The zero-order chi connectivity index (χ0) is 18.6. The Labute approximate surface area is 159 Å². The zero-order valence-corrected chi connectivity index (χ0v) is 17.1. The van der Waals surface area contributed by atoms with Gasteiger partial charge in [-0.25, -0.2) is 0 Å². The van der Waals surface area contributed by atoms with Gasteiger partial charge in [0, 0.05) is 38.5 Å². The minimum atomic E-state index is 0.464. The molecule has 148 valence electrons. The maximum absolute atomic E-state index is 4.75. The summed E-state index contributed by atoms with van der Waals surface area (Å²) in [5, 5.41) is 15.7. The maximum atomic E-state index is 4.75. The lowest BCUT2D eigenvalue weighted by molar-refractivity contribution is 0.546. The first kappa shape index (κ1) is 20.7. The second-order valence-electron chi connectivity index (χ2n) is 7.40. The van der Waals surface area contributed by atoms with Gasteiger partial charge in [-0.3, -0.25) is 4.99 Å². The number of fused-ring (bicyclic) bond motifs is 1. The lowest BCUT2D eigenvalue weighted by Crippen LogP contribution is -2.42. The van der Waals surface area contributed by atoms with Crippen LogP contribution in [0.15, 0.2) is 4.99 Å². The van der Waals surface area contributed by atoms with Gasteiger partial charge in [-0.15, -0.1) is 10.2 Å². The first-order valence-corrected chi connectivity index (χ1v) is 10.7. The van der Waals surface area contributed by atoms with Gasteiger partial charge in [0.05, 0.1) is 0 Å². The third kappa shape index (κ3) is 6.96. The van der Waals surface area contributed by atoms with Crippen molar-refractivity contribution in [3.8, 4) is 0 Å². The Hall–Kier alpha value is -1.59. The second-order valence-corrected chi connectivity index (χ2v) is 7.40. The Bertz CT molecular complexity index is 536. The molecule has 1 aromatic heterocycles. The van der Waals surface area contributed by atoms with Gasteiger partial charge >= 0.3 is 0 Å². The minimum absolute atomic E-state index is 0.464. The standard InChI is InChI=1S/C20H38N6/c1-4-6-8-12-17(3)23-20(21-5-2)22-15-11-14-19-25-24-18-13-9-7-10-16-26(18)19/h17H,4-16H2,1-3H3,(H2,21,22,23). The summed E-state index contributed by atoms with van der Waals surface area (Å²) in [5.74, 6) is 3.26. The molecule has 1 unspecified atom stereocenters. The smallest absolute Gasteiger partial charge is 0.191 e. The Balaban J connectivity index is 1.78. The molecule has 6 heteroatoms. The van der Waals surface area contributed by atoms with Crippen LogP contribution < -0.4 is 10.6 Å². The van der Waals surface area contributed by atoms with Gasteiger partial charge in [-0.2, -0.15) is 0 Å². The monoisotopic (exact) mass is 362 g/mol. The number of nitrogens with zero attached hydrogens (tertiary/aromatic N) is 4. The first-order chi connectivity index (χ1) is 12.7. The van der Waals surface area contributed by atoms with Crippen molar-refractivity contribution in [2.75, 3.05) is 13.1 Å². The molecule has 0 fully saturated rings. The van der Waals surface area contributed by atoms with Crippen LogP contribution in [-0.4, -0.2) is 39.9 Å². The number of unbranched alkanes of at least 4 members (excludes halogenated alkanes) is 2. The number of aryl methyl sites for hydroxylation is 2. The summed E-state index contributed by atoms with van der Waals surface area (Å²) < 4.78 is 2.34. The third-order valence-electron chi connectivity index (χ3n) is 4.98. The van der Waals surface area contributed by atoms with Crippen molar-refractivity contribution >= 4 is 5.96 Å². The van der Waals surface area contributed by atoms with E-state index in [1.54, 1.807) is 0 Å². The van der Waals surface area contributed by atoms with Crippen LogP contribution in [0, 0.1) is 0 Å². The number of hydrogen-bond acceptors (Lipinski definition) is 3. The molecule has 6 nitrogen and oxygen atoms in total. The van der Waals surface area contributed by atoms with Crippen LogP contribution in [0.4, 0.5) is 0 Å². The molecule has 2 N–H and O–H groups in total. The van der Waals surface area contributed by atoms with Crippen LogP contribution in [0.2, 0.25) is 0 Å². The molecule has 0 spiro atoms. The largest absolute Gasteiger partial charge is 0.357 e. The van der Waals surface area contributed by atoms with Gasteiger partial charge in [0.1, 0.15) is 11.6 Å². The van der Waals surface area contributed by atoms with Gasteiger partial charge in [-0.05, 0) is 39.5 Å². The average molecular weight is 363 g/mol. The summed E-state index contributed by atoms with van der Waals surface area (Å²) in [7, 11) is 0. The predicted molar refractivity (Wildman–Crippen MR) is 109 cm³/mol. The molecule has 0 bridgehead atoms. The van der Waals surface area contributed by atoms with Crippen molar-refractivity contribution in [1.29, 1.82) is 0 Å². The van der Waals surface area contributed by atoms with E-state index in [9.17, 15) is 0 Å². The molecule has 1 aliphatic rings. The molecule has 2 rings (SSSR count). The van der Waals surface area contributed by atoms with Crippen LogP contribution in [0.1, 0.15) is 83.8 Å². The summed E-state index contributed by atoms with van der Waals surface area (Å²) in [6.07, 6.45) is 11.9. The van der Waals surface area contributed by atoms with Crippen LogP contribution in [0.5, 0.6) is 0 Å².